The van der Waals surface area contributed by atoms with Crippen molar-refractivity contribution in [3.8, 4) is 6.07 Å². The van der Waals surface area contributed by atoms with Gasteiger partial charge in [-0.25, -0.2) is 4.79 Å². The van der Waals surface area contributed by atoms with E-state index in [9.17, 15) is 4.79 Å². The zero-order valence-corrected chi connectivity index (χ0v) is 8.97. The Morgan fingerprint density at radius 2 is 2.33 bits per heavy atom. The zero-order chi connectivity index (χ0) is 11.3. The molecule has 0 heterocycles. The van der Waals surface area contributed by atoms with Crippen LogP contribution in [-0.2, 0) is 4.74 Å². The molecule has 0 saturated heterocycles. The van der Waals surface area contributed by atoms with Gasteiger partial charge in [0.2, 0.25) is 0 Å². The van der Waals surface area contributed by atoms with Gasteiger partial charge in [0.15, 0.2) is 6.07 Å². The third kappa shape index (κ3) is 3.31. The Balaban J connectivity index is 2.79. The van der Waals surface area contributed by atoms with E-state index in [1.165, 1.54) is 18.2 Å². The average molecular weight is 245 g/mol. The molecule has 0 aliphatic carbocycles. The molecule has 0 aliphatic heterocycles. The second-order valence-electron chi connectivity index (χ2n) is 2.47. The Hall–Kier alpha value is -1.44. The van der Waals surface area contributed by atoms with E-state index in [-0.39, 0.29) is 11.1 Å². The Bertz CT molecular complexity index is 415. The van der Waals surface area contributed by atoms with Gasteiger partial charge in [-0.1, -0.05) is 23.2 Å². The maximum absolute atomic E-state index is 11.0. The van der Waals surface area contributed by atoms with Crippen LogP contribution in [-0.4, -0.2) is 12.2 Å². The lowest BCUT2D eigenvalue weighted by molar-refractivity contribution is 0.180. The predicted octanol–water partition coefficient (Wildman–Crippen LogP) is 2.96. The molecule has 0 unspecified atom stereocenters. The first-order chi connectivity index (χ1) is 7.17. The van der Waals surface area contributed by atoms with Crippen LogP contribution in [0.15, 0.2) is 18.2 Å². The number of carbonyl (C=O) groups is 1. The molecule has 0 saturated carbocycles. The van der Waals surface area contributed by atoms with Crippen molar-refractivity contribution in [1.82, 2.24) is 0 Å². The van der Waals surface area contributed by atoms with Crippen LogP contribution in [0.25, 0.3) is 0 Å². The summed E-state index contributed by atoms with van der Waals surface area (Å²) in [6.07, 6.45) is -0.698. The topological polar surface area (TPSA) is 62.1 Å². The molecule has 78 valence electrons. The van der Waals surface area contributed by atoms with Gasteiger partial charge in [0.05, 0.1) is 22.3 Å². The molecule has 1 amide bonds. The molecule has 0 bridgehead atoms. The van der Waals surface area contributed by atoms with E-state index in [4.69, 9.17) is 28.5 Å². The second-order valence-corrected chi connectivity index (χ2v) is 3.10. The number of benzene rings is 1. The highest BCUT2D eigenvalue weighted by molar-refractivity contribution is 6.33. The van der Waals surface area contributed by atoms with Crippen molar-refractivity contribution >= 4 is 35.0 Å². The van der Waals surface area contributed by atoms with Gasteiger partial charge >= 0.3 is 6.09 Å². The Morgan fingerprint density at radius 3 is 2.87 bits per heavy atom. The summed E-state index contributed by atoms with van der Waals surface area (Å²) < 4.78 is 4.45. The monoisotopic (exact) mass is 244 g/mol. The molecule has 1 aromatic rings. The fourth-order valence-corrected chi connectivity index (χ4v) is 1.21. The maximum Gasteiger partial charge on any atom is 0.412 e. The molecule has 0 radical (unpaired) electrons. The number of carbonyl (C=O) groups excluding carboxylic acids is 1. The molecular weight excluding hydrogens is 239 g/mol. The number of hydrogen-bond acceptors (Lipinski definition) is 3. The third-order valence-electron chi connectivity index (χ3n) is 1.52. The minimum absolute atomic E-state index is 0.236. The van der Waals surface area contributed by atoms with Gasteiger partial charge in [-0.2, -0.15) is 5.26 Å². The Kier molecular flexibility index (Phi) is 4.22. The number of anilines is 1. The van der Waals surface area contributed by atoms with E-state index >= 15 is 0 Å². The van der Waals surface area contributed by atoms with Crippen molar-refractivity contribution in [3.05, 3.63) is 28.8 Å². The van der Waals surface area contributed by atoms with Crippen molar-refractivity contribution in [1.29, 1.82) is 5.26 Å². The predicted molar refractivity (Wildman–Crippen MR) is 57.0 cm³/mol. The summed E-state index contributed by atoms with van der Waals surface area (Å²) in [6, 6.07) is 6.17. The highest BCUT2D eigenvalue weighted by Gasteiger charge is 2.06. The molecule has 0 aromatic heterocycles. The molecule has 15 heavy (non-hydrogen) atoms. The number of hydrogen-bond donors (Lipinski definition) is 1. The van der Waals surface area contributed by atoms with E-state index in [1.54, 1.807) is 0 Å². The van der Waals surface area contributed by atoms with Gasteiger partial charge in [0.1, 0.15) is 0 Å². The summed E-state index contributed by atoms with van der Waals surface area (Å²) in [4.78, 5) is 11.0. The Labute approximate surface area is 96.4 Å². The van der Waals surface area contributed by atoms with Crippen molar-refractivity contribution in [2.45, 2.75) is 0 Å². The number of alkyl halides is 1. The first-order valence-electron chi connectivity index (χ1n) is 3.86. The lowest BCUT2D eigenvalue weighted by atomic mass is 10.2. The summed E-state index contributed by atoms with van der Waals surface area (Å²) in [5, 5.41) is 11.2. The molecule has 4 nitrogen and oxygen atoms in total. The molecule has 1 aromatic carbocycles. The molecular formula is C9H6Cl2N2O2. The van der Waals surface area contributed by atoms with Crippen molar-refractivity contribution in [3.63, 3.8) is 0 Å². The van der Waals surface area contributed by atoms with E-state index in [0.29, 0.717) is 11.3 Å². The van der Waals surface area contributed by atoms with Gasteiger partial charge in [0.25, 0.3) is 0 Å². The van der Waals surface area contributed by atoms with Gasteiger partial charge in [-0.15, -0.1) is 0 Å². The van der Waals surface area contributed by atoms with Crippen LogP contribution in [0.3, 0.4) is 0 Å². The lowest BCUT2D eigenvalue weighted by Crippen LogP contribution is -2.12. The van der Waals surface area contributed by atoms with Gasteiger partial charge < -0.3 is 4.74 Å². The normalized spacial score (nSPS) is 9.13. The minimum Gasteiger partial charge on any atom is -0.433 e. The SMILES string of the molecule is N#Cc1ccc(NC(=O)OCCl)c(Cl)c1. The Morgan fingerprint density at radius 1 is 1.60 bits per heavy atom. The molecule has 0 spiro atoms. The standard InChI is InChI=1S/C9H6Cl2N2O2/c10-5-15-9(14)13-8-2-1-6(4-12)3-7(8)11/h1-3H,5H2,(H,13,14). The lowest BCUT2D eigenvalue weighted by Gasteiger charge is -2.06. The van der Waals surface area contributed by atoms with E-state index < -0.39 is 6.09 Å². The number of halogens is 2. The zero-order valence-electron chi connectivity index (χ0n) is 7.46. The number of nitrogens with one attached hydrogen (secondary N) is 1. The number of nitrogens with zero attached hydrogens (tertiary/aromatic N) is 1. The quantitative estimate of drug-likeness (QED) is 0.814. The van der Waals surface area contributed by atoms with Crippen LogP contribution in [0.1, 0.15) is 5.56 Å². The number of rotatable bonds is 2. The van der Waals surface area contributed by atoms with Crippen LogP contribution < -0.4 is 5.32 Å². The van der Waals surface area contributed by atoms with Crippen molar-refractivity contribution < 1.29 is 9.53 Å². The van der Waals surface area contributed by atoms with Crippen LogP contribution in [0.4, 0.5) is 10.5 Å². The van der Waals surface area contributed by atoms with E-state index in [2.05, 4.69) is 10.1 Å². The van der Waals surface area contributed by atoms with Crippen LogP contribution in [0.5, 0.6) is 0 Å². The van der Waals surface area contributed by atoms with Crippen molar-refractivity contribution in [2.75, 3.05) is 11.4 Å². The fraction of sp³-hybridized carbons (Fsp3) is 0.111. The van der Waals surface area contributed by atoms with E-state index in [1.807, 2.05) is 6.07 Å². The van der Waals surface area contributed by atoms with Crippen molar-refractivity contribution in [2.24, 2.45) is 0 Å². The van der Waals surface area contributed by atoms with E-state index in [0.717, 1.165) is 0 Å². The summed E-state index contributed by atoms with van der Waals surface area (Å²) >= 11 is 11.0. The van der Waals surface area contributed by atoms with Gasteiger partial charge in [-0.3, -0.25) is 5.32 Å². The molecule has 0 fully saturated rings. The average Bonchev–Trinajstić information content (AvgIpc) is 2.21. The number of ether oxygens (including phenoxy) is 1. The van der Waals surface area contributed by atoms with Crippen LogP contribution in [0, 0.1) is 11.3 Å². The fourth-order valence-electron chi connectivity index (χ4n) is 0.882. The summed E-state index contributed by atoms with van der Waals surface area (Å²) in [7, 11) is 0. The highest BCUT2D eigenvalue weighted by atomic mass is 35.5. The summed E-state index contributed by atoms with van der Waals surface area (Å²) in [6.45, 7) is 0. The number of nitriles is 1. The number of amides is 1. The molecule has 0 aliphatic rings. The smallest absolute Gasteiger partial charge is 0.412 e. The first kappa shape index (κ1) is 11.6. The van der Waals surface area contributed by atoms with Crippen LogP contribution >= 0.6 is 23.2 Å². The maximum atomic E-state index is 11.0. The minimum atomic E-state index is -0.698. The summed E-state index contributed by atoms with van der Waals surface area (Å²) in [5.74, 6) is 0. The molecule has 1 N–H and O–H groups in total. The summed E-state index contributed by atoms with van der Waals surface area (Å²) in [5.41, 5.74) is 0.780. The molecule has 6 heteroatoms. The van der Waals surface area contributed by atoms with Gasteiger partial charge in [0, 0.05) is 0 Å². The molecule has 1 rings (SSSR count). The molecule has 0 atom stereocenters. The van der Waals surface area contributed by atoms with Crippen LogP contribution in [0.2, 0.25) is 5.02 Å². The van der Waals surface area contributed by atoms with Gasteiger partial charge in [-0.05, 0) is 18.2 Å². The largest absolute Gasteiger partial charge is 0.433 e. The first-order valence-corrected chi connectivity index (χ1v) is 4.78. The second kappa shape index (κ2) is 5.44. The third-order valence-corrected chi connectivity index (χ3v) is 1.94. The highest BCUT2D eigenvalue weighted by Crippen LogP contribution is 2.22.